The van der Waals surface area contributed by atoms with Crippen LogP contribution in [0, 0.1) is 0 Å². The highest BCUT2D eigenvalue weighted by Gasteiger charge is 2.45. The van der Waals surface area contributed by atoms with Gasteiger partial charge in [-0.3, -0.25) is 4.98 Å². The number of imidazole rings is 1. The summed E-state index contributed by atoms with van der Waals surface area (Å²) in [7, 11) is 0. The summed E-state index contributed by atoms with van der Waals surface area (Å²) >= 11 is 6.24. The summed E-state index contributed by atoms with van der Waals surface area (Å²) in [5.74, 6) is -2.08. The number of nitrogens with zero attached hydrogens (tertiary/aromatic N) is 6. The molecule has 2 aliphatic rings. The Balaban J connectivity index is 0.00000216. The van der Waals surface area contributed by atoms with Crippen LogP contribution in [0.1, 0.15) is 50.2 Å². The van der Waals surface area contributed by atoms with Gasteiger partial charge in [-0.1, -0.05) is 24.2 Å². The van der Waals surface area contributed by atoms with Crippen molar-refractivity contribution in [2.75, 3.05) is 13.2 Å². The van der Waals surface area contributed by atoms with Crippen LogP contribution in [0.4, 0.5) is 8.78 Å². The first-order valence-corrected chi connectivity index (χ1v) is 10.7. The Morgan fingerprint density at radius 1 is 1.19 bits per heavy atom. The number of aromatic nitrogens is 6. The highest BCUT2D eigenvalue weighted by molar-refractivity contribution is 6.31. The van der Waals surface area contributed by atoms with Crippen molar-refractivity contribution in [2.45, 2.75) is 51.1 Å². The lowest BCUT2D eigenvalue weighted by Gasteiger charge is -2.33. The zero-order valence-electron chi connectivity index (χ0n) is 16.5. The predicted octanol–water partition coefficient (Wildman–Crippen LogP) is 4.99. The topological polar surface area (TPSA) is 70.7 Å². The zero-order valence-corrected chi connectivity index (χ0v) is 17.3. The van der Waals surface area contributed by atoms with Crippen molar-refractivity contribution in [2.24, 2.45) is 0 Å². The molecule has 1 aromatic carbocycles. The Hall–Kier alpha value is -2.65. The highest BCUT2D eigenvalue weighted by Crippen LogP contribution is 2.41. The molecule has 32 heavy (non-hydrogen) atoms. The molecule has 6 rings (SSSR count). The SMILES string of the molecule is C.FC1(F)COCCC1n1c(Cn2cc(C3CC3)nn2)nc2cnc3ccc(Cl)cc3c21. The molecule has 1 saturated carbocycles. The maximum atomic E-state index is 15.0. The Kier molecular flexibility index (Phi) is 5.13. The quantitative estimate of drug-likeness (QED) is 0.429. The van der Waals surface area contributed by atoms with Gasteiger partial charge in [0.25, 0.3) is 5.92 Å². The molecular weight excluding hydrogens is 438 g/mol. The number of pyridine rings is 1. The molecule has 0 radical (unpaired) electrons. The maximum Gasteiger partial charge on any atom is 0.291 e. The van der Waals surface area contributed by atoms with E-state index in [1.54, 1.807) is 33.6 Å². The van der Waals surface area contributed by atoms with Crippen LogP contribution >= 0.6 is 11.6 Å². The minimum Gasteiger partial charge on any atom is -0.375 e. The second-order valence-electron chi connectivity index (χ2n) is 8.28. The van der Waals surface area contributed by atoms with Crippen molar-refractivity contribution in [3.63, 3.8) is 0 Å². The molecule has 1 atom stereocenters. The Bertz CT molecular complexity index is 1300. The maximum absolute atomic E-state index is 15.0. The fraction of sp³-hybridized carbons (Fsp3) is 0.455. The Morgan fingerprint density at radius 2 is 2.03 bits per heavy atom. The van der Waals surface area contributed by atoms with Crippen LogP contribution in [0.25, 0.3) is 21.9 Å². The van der Waals surface area contributed by atoms with E-state index in [9.17, 15) is 0 Å². The summed E-state index contributed by atoms with van der Waals surface area (Å²) in [4.78, 5) is 9.14. The van der Waals surface area contributed by atoms with Crippen LogP contribution in [0.15, 0.2) is 30.6 Å². The summed E-state index contributed by atoms with van der Waals surface area (Å²) in [6.45, 7) is -0.113. The second kappa shape index (κ2) is 7.74. The van der Waals surface area contributed by atoms with Gasteiger partial charge in [-0.15, -0.1) is 5.10 Å². The molecule has 3 aromatic heterocycles. The Morgan fingerprint density at radius 3 is 2.81 bits per heavy atom. The van der Waals surface area contributed by atoms with E-state index in [2.05, 4.69) is 15.3 Å². The number of benzene rings is 1. The third-order valence-electron chi connectivity index (χ3n) is 6.04. The molecule has 168 valence electrons. The van der Waals surface area contributed by atoms with Gasteiger partial charge in [0.15, 0.2) is 0 Å². The largest absolute Gasteiger partial charge is 0.375 e. The first-order valence-electron chi connectivity index (χ1n) is 10.3. The van der Waals surface area contributed by atoms with Gasteiger partial charge < -0.3 is 9.30 Å². The van der Waals surface area contributed by atoms with Gasteiger partial charge in [-0.05, 0) is 37.5 Å². The van der Waals surface area contributed by atoms with Crippen molar-refractivity contribution in [3.8, 4) is 0 Å². The van der Waals surface area contributed by atoms with E-state index >= 15 is 8.78 Å². The van der Waals surface area contributed by atoms with Crippen LogP contribution in [0.3, 0.4) is 0 Å². The average Bonchev–Trinajstić information content (AvgIpc) is 3.38. The molecule has 4 heterocycles. The summed E-state index contributed by atoms with van der Waals surface area (Å²) < 4.78 is 38.5. The summed E-state index contributed by atoms with van der Waals surface area (Å²) in [5, 5.41) is 9.66. The van der Waals surface area contributed by atoms with Crippen LogP contribution in [-0.4, -0.2) is 48.7 Å². The van der Waals surface area contributed by atoms with E-state index in [1.165, 1.54) is 0 Å². The molecular formula is C22H23ClF2N6O. The molecule has 0 amide bonds. The molecule has 1 aliphatic carbocycles. The molecule has 2 fully saturated rings. The molecule has 1 saturated heterocycles. The van der Waals surface area contributed by atoms with Gasteiger partial charge in [0, 0.05) is 29.1 Å². The van der Waals surface area contributed by atoms with Crippen LogP contribution in [0.5, 0.6) is 0 Å². The molecule has 10 heteroatoms. The van der Waals surface area contributed by atoms with E-state index in [1.807, 2.05) is 6.20 Å². The molecule has 0 spiro atoms. The molecule has 0 bridgehead atoms. The molecule has 7 nitrogen and oxygen atoms in total. The van der Waals surface area contributed by atoms with Gasteiger partial charge in [0.1, 0.15) is 30.5 Å². The minimum absolute atomic E-state index is 0. The predicted molar refractivity (Wildman–Crippen MR) is 117 cm³/mol. The fourth-order valence-electron chi connectivity index (χ4n) is 4.37. The summed E-state index contributed by atoms with van der Waals surface area (Å²) in [6.07, 6.45) is 5.92. The minimum atomic E-state index is -3.03. The molecule has 1 aliphatic heterocycles. The van der Waals surface area contributed by atoms with E-state index < -0.39 is 18.6 Å². The number of hydrogen-bond donors (Lipinski definition) is 0. The summed E-state index contributed by atoms with van der Waals surface area (Å²) in [6, 6.07) is 4.20. The fourth-order valence-corrected chi connectivity index (χ4v) is 4.55. The van der Waals surface area contributed by atoms with Crippen molar-refractivity contribution >= 4 is 33.5 Å². The van der Waals surface area contributed by atoms with Crippen molar-refractivity contribution in [1.82, 2.24) is 29.5 Å². The third-order valence-corrected chi connectivity index (χ3v) is 6.27. The second-order valence-corrected chi connectivity index (χ2v) is 8.72. The van der Waals surface area contributed by atoms with Gasteiger partial charge in [0.05, 0.1) is 22.9 Å². The lowest BCUT2D eigenvalue weighted by molar-refractivity contribution is -0.147. The van der Waals surface area contributed by atoms with E-state index in [0.29, 0.717) is 38.7 Å². The van der Waals surface area contributed by atoms with Gasteiger partial charge in [-0.2, -0.15) is 0 Å². The molecule has 4 aromatic rings. The van der Waals surface area contributed by atoms with Crippen molar-refractivity contribution < 1.29 is 13.5 Å². The average molecular weight is 461 g/mol. The smallest absolute Gasteiger partial charge is 0.291 e. The molecule has 0 N–H and O–H groups in total. The third kappa shape index (κ3) is 3.53. The monoisotopic (exact) mass is 460 g/mol. The number of fused-ring (bicyclic) bond motifs is 3. The van der Waals surface area contributed by atoms with Crippen molar-refractivity contribution in [1.29, 1.82) is 0 Å². The van der Waals surface area contributed by atoms with Crippen LogP contribution in [0.2, 0.25) is 5.02 Å². The lowest BCUT2D eigenvalue weighted by atomic mass is 10.0. The van der Waals surface area contributed by atoms with E-state index in [4.69, 9.17) is 21.3 Å². The summed E-state index contributed by atoms with van der Waals surface area (Å²) in [5.41, 5.74) is 2.78. The van der Waals surface area contributed by atoms with Gasteiger partial charge >= 0.3 is 0 Å². The van der Waals surface area contributed by atoms with Crippen LogP contribution < -0.4 is 0 Å². The van der Waals surface area contributed by atoms with E-state index in [0.717, 1.165) is 18.5 Å². The highest BCUT2D eigenvalue weighted by atomic mass is 35.5. The standard InChI is InChI=1S/C21H19ClF2N6O.CH4/c22-13-3-4-15-14(7-13)20-16(8-25-15)26-19(10-29-9-17(27-28-29)12-1-2-12)30(20)18-5-6-31-11-21(18,23)24;/h3-4,7-9,12,18H,1-2,5-6,10-11H2;1H4. The zero-order chi connectivity index (χ0) is 21.2. The first-order chi connectivity index (χ1) is 15.0. The Labute approximate surface area is 188 Å². The number of alkyl halides is 2. The van der Waals surface area contributed by atoms with Gasteiger partial charge in [0.2, 0.25) is 0 Å². The van der Waals surface area contributed by atoms with E-state index in [-0.39, 0.29) is 27.0 Å². The number of rotatable bonds is 4. The number of halogens is 3. The number of ether oxygens (including phenoxy) is 1. The number of hydrogen-bond acceptors (Lipinski definition) is 5. The first kappa shape index (κ1) is 21.2. The van der Waals surface area contributed by atoms with Crippen LogP contribution in [-0.2, 0) is 11.3 Å². The molecule has 1 unspecified atom stereocenters. The van der Waals surface area contributed by atoms with Crippen molar-refractivity contribution in [3.05, 3.63) is 47.1 Å². The lowest BCUT2D eigenvalue weighted by Crippen LogP contribution is -2.41. The van der Waals surface area contributed by atoms with Gasteiger partial charge in [-0.25, -0.2) is 18.4 Å². The normalized spacial score (nSPS) is 20.5.